The Morgan fingerprint density at radius 2 is 1.54 bits per heavy atom. The van der Waals surface area contributed by atoms with Crippen LogP contribution in [-0.4, -0.2) is 41.9 Å². The molecular weight excluding hydrogens is 462 g/mol. The summed E-state index contributed by atoms with van der Waals surface area (Å²) in [4.78, 5) is 15.5. The minimum Gasteiger partial charge on any atom is -0.496 e. The minimum atomic E-state index is -0.961. The normalized spacial score (nSPS) is 24.4. The lowest BCUT2D eigenvalue weighted by atomic mass is 9.71. The van der Waals surface area contributed by atoms with Gasteiger partial charge in [-0.1, -0.05) is 48.5 Å². The summed E-state index contributed by atoms with van der Waals surface area (Å²) in [7, 11) is 1.67. The maximum atomic E-state index is 13.6. The third kappa shape index (κ3) is 4.00. The van der Waals surface area contributed by atoms with Crippen molar-refractivity contribution in [2.45, 2.75) is 69.6 Å². The number of methoxy groups -OCH3 is 1. The number of amides is 1. The van der Waals surface area contributed by atoms with E-state index in [-0.39, 0.29) is 24.1 Å². The second-order valence-corrected chi connectivity index (χ2v) is 11.0. The Labute approximate surface area is 219 Å². The SMILES string of the molecule is COc1cc(C)c(C2(O)CC3CCCC(C2)N3C(=O)OCC2c3ccccc3-c3ccccc32)cc1C. The number of ether oxygens (including phenoxy) is 2. The number of aliphatic hydroxyl groups is 1. The van der Waals surface area contributed by atoms with Crippen molar-refractivity contribution < 1.29 is 19.4 Å². The molecule has 1 aliphatic carbocycles. The van der Waals surface area contributed by atoms with Gasteiger partial charge in [-0.2, -0.15) is 0 Å². The summed E-state index contributed by atoms with van der Waals surface area (Å²) in [6.07, 6.45) is 3.65. The van der Waals surface area contributed by atoms with Crippen LogP contribution in [0.4, 0.5) is 4.79 Å². The summed E-state index contributed by atoms with van der Waals surface area (Å²) in [5, 5.41) is 11.9. The second-order valence-electron chi connectivity index (χ2n) is 11.0. The molecule has 1 amide bonds. The van der Waals surface area contributed by atoms with E-state index in [2.05, 4.69) is 54.6 Å². The van der Waals surface area contributed by atoms with Gasteiger partial charge < -0.3 is 19.5 Å². The van der Waals surface area contributed by atoms with Crippen LogP contribution in [0.5, 0.6) is 5.75 Å². The fourth-order valence-electron chi connectivity index (χ4n) is 7.13. The Balaban J connectivity index is 1.21. The zero-order valence-corrected chi connectivity index (χ0v) is 21.9. The number of aryl methyl sites for hydroxylation is 2. The highest BCUT2D eigenvalue weighted by molar-refractivity contribution is 5.79. The molecule has 2 heterocycles. The summed E-state index contributed by atoms with van der Waals surface area (Å²) in [5.41, 5.74) is 6.92. The molecule has 2 bridgehead atoms. The van der Waals surface area contributed by atoms with E-state index in [1.165, 1.54) is 22.3 Å². The predicted molar refractivity (Wildman–Crippen MR) is 144 cm³/mol. The van der Waals surface area contributed by atoms with Gasteiger partial charge in [-0.05, 0) is 84.2 Å². The van der Waals surface area contributed by atoms with Gasteiger partial charge in [-0.3, -0.25) is 0 Å². The van der Waals surface area contributed by atoms with Crippen LogP contribution >= 0.6 is 0 Å². The topological polar surface area (TPSA) is 59.0 Å². The highest BCUT2D eigenvalue weighted by atomic mass is 16.6. The van der Waals surface area contributed by atoms with E-state index in [1.807, 2.05) is 24.8 Å². The van der Waals surface area contributed by atoms with Gasteiger partial charge in [-0.15, -0.1) is 0 Å². The second kappa shape index (κ2) is 9.21. The van der Waals surface area contributed by atoms with Crippen LogP contribution in [0.25, 0.3) is 11.1 Å². The Morgan fingerprint density at radius 3 is 2.14 bits per heavy atom. The average Bonchev–Trinajstić information content (AvgIpc) is 3.21. The van der Waals surface area contributed by atoms with Gasteiger partial charge in [0.25, 0.3) is 0 Å². The predicted octanol–water partition coefficient (Wildman–Crippen LogP) is 6.47. The van der Waals surface area contributed by atoms with Gasteiger partial charge in [-0.25, -0.2) is 4.79 Å². The van der Waals surface area contributed by atoms with Crippen LogP contribution in [-0.2, 0) is 10.3 Å². The van der Waals surface area contributed by atoms with Gasteiger partial charge in [0.05, 0.1) is 12.7 Å². The molecule has 3 aliphatic rings. The van der Waals surface area contributed by atoms with E-state index in [9.17, 15) is 9.90 Å². The van der Waals surface area contributed by atoms with Crippen LogP contribution in [0.2, 0.25) is 0 Å². The van der Waals surface area contributed by atoms with E-state index >= 15 is 0 Å². The van der Waals surface area contributed by atoms with Gasteiger partial charge in [0.1, 0.15) is 12.4 Å². The summed E-state index contributed by atoms with van der Waals surface area (Å²) in [6.45, 7) is 4.37. The Kier molecular flexibility index (Phi) is 5.99. The minimum absolute atomic E-state index is 0.0324. The maximum Gasteiger partial charge on any atom is 0.410 e. The number of piperidine rings is 2. The Bertz CT molecular complexity index is 1290. The van der Waals surface area contributed by atoms with Crippen molar-refractivity contribution in [1.82, 2.24) is 4.90 Å². The third-order valence-corrected chi connectivity index (χ3v) is 8.80. The first-order valence-electron chi connectivity index (χ1n) is 13.4. The lowest BCUT2D eigenvalue weighted by Gasteiger charge is -2.51. The van der Waals surface area contributed by atoms with Crippen molar-refractivity contribution in [3.8, 4) is 16.9 Å². The number of carbonyl (C=O) groups is 1. The van der Waals surface area contributed by atoms with Crippen molar-refractivity contribution in [1.29, 1.82) is 0 Å². The van der Waals surface area contributed by atoms with Gasteiger partial charge in [0.2, 0.25) is 0 Å². The largest absolute Gasteiger partial charge is 0.496 e. The van der Waals surface area contributed by atoms with Crippen LogP contribution < -0.4 is 4.74 Å². The molecule has 3 aromatic carbocycles. The number of rotatable bonds is 4. The third-order valence-electron chi connectivity index (χ3n) is 8.80. The molecule has 2 atom stereocenters. The first kappa shape index (κ1) is 24.1. The maximum absolute atomic E-state index is 13.6. The van der Waals surface area contributed by atoms with E-state index in [0.717, 1.165) is 41.7 Å². The smallest absolute Gasteiger partial charge is 0.410 e. The highest BCUT2D eigenvalue weighted by Gasteiger charge is 2.49. The lowest BCUT2D eigenvalue weighted by Crippen LogP contribution is -2.59. The van der Waals surface area contributed by atoms with Crippen LogP contribution in [0.15, 0.2) is 60.7 Å². The average molecular weight is 498 g/mol. The summed E-state index contributed by atoms with van der Waals surface area (Å²) < 4.78 is 11.5. The molecule has 2 saturated heterocycles. The molecule has 5 nitrogen and oxygen atoms in total. The monoisotopic (exact) mass is 497 g/mol. The summed E-state index contributed by atoms with van der Waals surface area (Å²) >= 11 is 0. The van der Waals surface area contributed by atoms with Crippen molar-refractivity contribution in [3.05, 3.63) is 88.5 Å². The van der Waals surface area contributed by atoms with Crippen molar-refractivity contribution in [2.75, 3.05) is 13.7 Å². The zero-order chi connectivity index (χ0) is 25.7. The van der Waals surface area contributed by atoms with Gasteiger partial charge in [0.15, 0.2) is 0 Å². The van der Waals surface area contributed by atoms with Gasteiger partial charge in [0, 0.05) is 30.8 Å². The molecule has 192 valence electrons. The molecule has 0 radical (unpaired) electrons. The van der Waals surface area contributed by atoms with E-state index in [1.54, 1.807) is 7.11 Å². The quantitative estimate of drug-likeness (QED) is 0.449. The number of fused-ring (bicyclic) bond motifs is 5. The Morgan fingerprint density at radius 1 is 0.946 bits per heavy atom. The van der Waals surface area contributed by atoms with Crippen LogP contribution in [0, 0.1) is 13.8 Å². The fraction of sp³-hybridized carbons (Fsp3) is 0.406. The molecule has 1 N–H and O–H groups in total. The molecule has 2 aliphatic heterocycles. The van der Waals surface area contributed by atoms with Crippen LogP contribution in [0.3, 0.4) is 0 Å². The van der Waals surface area contributed by atoms with Crippen molar-refractivity contribution in [3.63, 3.8) is 0 Å². The number of hydrogen-bond acceptors (Lipinski definition) is 4. The molecule has 2 unspecified atom stereocenters. The standard InChI is InChI=1S/C32H35NO4/c1-20-16-30(36-3)21(2)15-29(20)32(35)17-22-9-8-10-23(18-32)33(22)31(34)37-19-28-26-13-6-4-11-24(26)25-12-5-7-14-27(25)28/h4-7,11-16,22-23,28,35H,8-10,17-19H2,1-3H3. The number of carbonyl (C=O) groups excluding carboxylic acids is 1. The zero-order valence-electron chi connectivity index (χ0n) is 21.9. The molecule has 6 rings (SSSR count). The van der Waals surface area contributed by atoms with Gasteiger partial charge >= 0.3 is 6.09 Å². The first-order valence-corrected chi connectivity index (χ1v) is 13.4. The highest BCUT2D eigenvalue weighted by Crippen LogP contribution is 2.47. The van der Waals surface area contributed by atoms with E-state index in [4.69, 9.17) is 9.47 Å². The lowest BCUT2D eigenvalue weighted by molar-refractivity contribution is -0.0894. The number of hydrogen-bond donors (Lipinski definition) is 1. The molecule has 37 heavy (non-hydrogen) atoms. The summed E-state index contributed by atoms with van der Waals surface area (Å²) in [5.74, 6) is 0.879. The first-order chi connectivity index (χ1) is 17.9. The molecule has 0 aromatic heterocycles. The summed E-state index contributed by atoms with van der Waals surface area (Å²) in [6, 6.07) is 20.8. The molecule has 2 fully saturated rings. The molecular formula is C32H35NO4. The molecule has 0 spiro atoms. The van der Waals surface area contributed by atoms with E-state index < -0.39 is 5.60 Å². The van der Waals surface area contributed by atoms with Crippen molar-refractivity contribution >= 4 is 6.09 Å². The molecule has 0 saturated carbocycles. The fourth-order valence-corrected chi connectivity index (χ4v) is 7.13. The molecule has 5 heteroatoms. The Hall–Kier alpha value is -3.31. The number of benzene rings is 3. The van der Waals surface area contributed by atoms with E-state index in [0.29, 0.717) is 19.4 Å². The van der Waals surface area contributed by atoms with Crippen LogP contribution in [0.1, 0.15) is 65.8 Å². The molecule has 3 aromatic rings. The number of nitrogens with zero attached hydrogens (tertiary/aromatic N) is 1. The van der Waals surface area contributed by atoms with Crippen molar-refractivity contribution in [2.24, 2.45) is 0 Å².